The fourth-order valence-electron chi connectivity index (χ4n) is 5.80. The zero-order valence-electron chi connectivity index (χ0n) is 21.1. The highest BCUT2D eigenvalue weighted by atomic mass is 35.5. The van der Waals surface area contributed by atoms with E-state index < -0.39 is 28.8 Å². The van der Waals surface area contributed by atoms with E-state index in [4.69, 9.17) is 0 Å². The molecule has 202 valence electrons. The summed E-state index contributed by atoms with van der Waals surface area (Å²) in [6, 6.07) is 14.9. The SMILES string of the molecule is CN(Cc1cc(F)cc(F)c1)C(=O)C1(N2CCN(Cc3cc(F)cc(F)c3)CC2)Cc2ccccc2C1.Cl. The number of likely N-dealkylation sites (N-methyl/N-ethyl adjacent to an activating group) is 1. The summed E-state index contributed by atoms with van der Waals surface area (Å²) in [7, 11) is 1.67. The fraction of sp³-hybridized carbons (Fsp3) is 0.345. The average molecular weight is 548 g/mol. The molecule has 1 aliphatic heterocycles. The summed E-state index contributed by atoms with van der Waals surface area (Å²) in [5.74, 6) is -2.62. The van der Waals surface area contributed by atoms with Crippen LogP contribution >= 0.6 is 12.4 Å². The molecule has 1 heterocycles. The monoisotopic (exact) mass is 547 g/mol. The van der Waals surface area contributed by atoms with Gasteiger partial charge < -0.3 is 4.90 Å². The molecule has 0 atom stereocenters. The van der Waals surface area contributed by atoms with Crippen molar-refractivity contribution in [2.24, 2.45) is 0 Å². The van der Waals surface area contributed by atoms with Crippen LogP contribution in [0, 0.1) is 23.3 Å². The molecular formula is C29H30ClF4N3O. The standard InChI is InChI=1S/C29H29F4N3O.ClH/c1-34(18-20-10-24(30)14-25(31)11-20)28(37)29(16-22-4-2-3-5-23(22)17-29)36-8-6-35(7-9-36)19-21-12-26(32)15-27(33)13-21;/h2-5,10-15H,6-9,16-19H2,1H3;1H. The molecule has 1 fully saturated rings. The minimum atomic E-state index is -0.804. The first-order chi connectivity index (χ1) is 17.7. The third-order valence-electron chi connectivity index (χ3n) is 7.48. The number of amides is 1. The van der Waals surface area contributed by atoms with Crippen LogP contribution in [0.15, 0.2) is 60.7 Å². The highest BCUT2D eigenvalue weighted by Crippen LogP contribution is 2.37. The second-order valence-electron chi connectivity index (χ2n) is 10.1. The van der Waals surface area contributed by atoms with E-state index in [0.717, 1.165) is 23.3 Å². The maximum absolute atomic E-state index is 14.1. The molecule has 0 spiro atoms. The van der Waals surface area contributed by atoms with Crippen molar-refractivity contribution in [3.8, 4) is 0 Å². The minimum absolute atomic E-state index is 0. The molecule has 1 saturated heterocycles. The number of piperazine rings is 1. The number of carbonyl (C=O) groups excluding carboxylic acids is 1. The summed E-state index contributed by atoms with van der Waals surface area (Å²) in [6.07, 6.45) is 1.11. The molecule has 1 aliphatic carbocycles. The third kappa shape index (κ3) is 5.87. The van der Waals surface area contributed by atoms with Crippen molar-refractivity contribution in [3.05, 3.63) is 106 Å². The van der Waals surface area contributed by atoms with E-state index in [1.807, 2.05) is 24.3 Å². The Labute approximate surface area is 226 Å². The predicted molar refractivity (Wildman–Crippen MR) is 140 cm³/mol. The van der Waals surface area contributed by atoms with Crippen LogP contribution in [0.4, 0.5) is 17.6 Å². The Bertz CT molecular complexity index is 1250. The van der Waals surface area contributed by atoms with E-state index in [-0.39, 0.29) is 24.9 Å². The maximum atomic E-state index is 14.1. The Kier molecular flexibility index (Phi) is 8.45. The zero-order chi connectivity index (χ0) is 26.2. The summed E-state index contributed by atoms with van der Waals surface area (Å²) in [6.45, 7) is 3.02. The Balaban J connectivity index is 0.00000336. The number of nitrogens with zero attached hydrogens (tertiary/aromatic N) is 3. The quantitative estimate of drug-likeness (QED) is 0.407. The van der Waals surface area contributed by atoms with E-state index in [9.17, 15) is 22.4 Å². The molecule has 38 heavy (non-hydrogen) atoms. The number of halogens is 5. The van der Waals surface area contributed by atoms with Gasteiger partial charge >= 0.3 is 0 Å². The van der Waals surface area contributed by atoms with Gasteiger partial charge in [-0.25, -0.2) is 17.6 Å². The van der Waals surface area contributed by atoms with Crippen LogP contribution in [0.25, 0.3) is 0 Å². The van der Waals surface area contributed by atoms with Crippen molar-refractivity contribution in [3.63, 3.8) is 0 Å². The lowest BCUT2D eigenvalue weighted by molar-refractivity contribution is -0.145. The number of hydrogen-bond donors (Lipinski definition) is 0. The average Bonchev–Trinajstić information content (AvgIpc) is 3.23. The predicted octanol–water partition coefficient (Wildman–Crippen LogP) is 4.98. The molecule has 1 amide bonds. The summed E-state index contributed by atoms with van der Waals surface area (Å²) < 4.78 is 54.8. The van der Waals surface area contributed by atoms with Gasteiger partial charge in [0.05, 0.1) is 0 Å². The second-order valence-corrected chi connectivity index (χ2v) is 10.1. The van der Waals surface area contributed by atoms with Crippen molar-refractivity contribution < 1.29 is 22.4 Å². The lowest BCUT2D eigenvalue weighted by atomic mass is 9.90. The molecule has 0 N–H and O–H groups in total. The lowest BCUT2D eigenvalue weighted by Crippen LogP contribution is -2.64. The lowest BCUT2D eigenvalue weighted by Gasteiger charge is -2.46. The molecular weight excluding hydrogens is 518 g/mol. The van der Waals surface area contributed by atoms with Gasteiger partial charge in [0.1, 0.15) is 28.8 Å². The molecule has 3 aromatic rings. The first-order valence-corrected chi connectivity index (χ1v) is 12.4. The van der Waals surface area contributed by atoms with Gasteiger partial charge in [0.2, 0.25) is 5.91 Å². The van der Waals surface area contributed by atoms with Crippen molar-refractivity contribution in [2.45, 2.75) is 31.5 Å². The number of rotatable bonds is 6. The zero-order valence-corrected chi connectivity index (χ0v) is 21.9. The highest BCUT2D eigenvalue weighted by molar-refractivity contribution is 5.88. The minimum Gasteiger partial charge on any atom is -0.340 e. The van der Waals surface area contributed by atoms with E-state index >= 15 is 0 Å². The first kappa shape index (κ1) is 28.1. The van der Waals surface area contributed by atoms with Crippen molar-refractivity contribution in [2.75, 3.05) is 33.2 Å². The Hall–Kier alpha value is -2.94. The largest absolute Gasteiger partial charge is 0.340 e. The van der Waals surface area contributed by atoms with Crippen LogP contribution in [0.3, 0.4) is 0 Å². The molecule has 9 heteroatoms. The van der Waals surface area contributed by atoms with Crippen LogP contribution in [0.1, 0.15) is 22.3 Å². The topological polar surface area (TPSA) is 26.8 Å². The molecule has 4 nitrogen and oxygen atoms in total. The third-order valence-corrected chi connectivity index (χ3v) is 7.48. The van der Waals surface area contributed by atoms with E-state index in [1.54, 1.807) is 11.9 Å². The Morgan fingerprint density at radius 1 is 0.789 bits per heavy atom. The van der Waals surface area contributed by atoms with Crippen molar-refractivity contribution >= 4 is 18.3 Å². The number of carbonyl (C=O) groups is 1. The van der Waals surface area contributed by atoms with E-state index in [2.05, 4.69) is 9.80 Å². The van der Waals surface area contributed by atoms with E-state index in [0.29, 0.717) is 56.7 Å². The molecule has 0 unspecified atom stereocenters. The molecule has 2 aliphatic rings. The smallest absolute Gasteiger partial charge is 0.243 e. The van der Waals surface area contributed by atoms with Gasteiger partial charge in [-0.3, -0.25) is 14.6 Å². The molecule has 0 radical (unpaired) electrons. The molecule has 0 aromatic heterocycles. The van der Waals surface area contributed by atoms with Crippen LogP contribution in [0.2, 0.25) is 0 Å². The summed E-state index contributed by atoms with van der Waals surface area (Å²) in [4.78, 5) is 20.0. The van der Waals surface area contributed by atoms with Gasteiger partial charge in [0.15, 0.2) is 0 Å². The Morgan fingerprint density at radius 3 is 1.76 bits per heavy atom. The number of hydrogen-bond acceptors (Lipinski definition) is 3. The van der Waals surface area contributed by atoms with Gasteiger partial charge in [0, 0.05) is 71.3 Å². The highest BCUT2D eigenvalue weighted by Gasteiger charge is 2.50. The molecule has 3 aromatic carbocycles. The van der Waals surface area contributed by atoms with Crippen LogP contribution in [-0.4, -0.2) is 59.4 Å². The summed E-state index contributed by atoms with van der Waals surface area (Å²) in [5.41, 5.74) is 2.41. The van der Waals surface area contributed by atoms with E-state index in [1.165, 1.54) is 24.3 Å². The van der Waals surface area contributed by atoms with Gasteiger partial charge in [-0.1, -0.05) is 24.3 Å². The van der Waals surface area contributed by atoms with Crippen LogP contribution < -0.4 is 0 Å². The fourth-order valence-corrected chi connectivity index (χ4v) is 5.80. The van der Waals surface area contributed by atoms with Gasteiger partial charge in [-0.05, 0) is 46.5 Å². The first-order valence-electron chi connectivity index (χ1n) is 12.4. The molecule has 5 rings (SSSR count). The van der Waals surface area contributed by atoms with Gasteiger partial charge in [-0.15, -0.1) is 12.4 Å². The maximum Gasteiger partial charge on any atom is 0.243 e. The van der Waals surface area contributed by atoms with Crippen molar-refractivity contribution in [1.29, 1.82) is 0 Å². The van der Waals surface area contributed by atoms with Crippen molar-refractivity contribution in [1.82, 2.24) is 14.7 Å². The number of benzene rings is 3. The Morgan fingerprint density at radius 2 is 1.26 bits per heavy atom. The molecule has 0 saturated carbocycles. The second kappa shape index (κ2) is 11.4. The number of fused-ring (bicyclic) bond motifs is 1. The summed E-state index contributed by atoms with van der Waals surface area (Å²) >= 11 is 0. The van der Waals surface area contributed by atoms with Gasteiger partial charge in [0.25, 0.3) is 0 Å². The normalized spacial score (nSPS) is 17.1. The summed E-state index contributed by atoms with van der Waals surface area (Å²) in [5, 5.41) is 0. The van der Waals surface area contributed by atoms with Crippen LogP contribution in [-0.2, 0) is 30.7 Å². The molecule has 0 bridgehead atoms. The van der Waals surface area contributed by atoms with Gasteiger partial charge in [-0.2, -0.15) is 0 Å². The van der Waals surface area contributed by atoms with Crippen LogP contribution in [0.5, 0.6) is 0 Å².